The molecule has 0 saturated heterocycles. The highest BCUT2D eigenvalue weighted by Crippen LogP contribution is 2.37. The summed E-state index contributed by atoms with van der Waals surface area (Å²) in [4.78, 5) is 4.16. The first-order valence-corrected chi connectivity index (χ1v) is 5.12. The molecule has 1 aliphatic rings. The Morgan fingerprint density at radius 3 is 2.62 bits per heavy atom. The average molecular weight is 246 g/mol. The van der Waals surface area contributed by atoms with Gasteiger partial charge in [0.15, 0.2) is 5.82 Å². The van der Waals surface area contributed by atoms with Gasteiger partial charge < -0.3 is 5.11 Å². The van der Waals surface area contributed by atoms with Crippen LogP contribution < -0.4 is 0 Å². The zero-order valence-corrected chi connectivity index (χ0v) is 9.24. The standard InChI is InChI=1S/C8H12BrN3O/c1-8(2,13)6-10-7(9)11-12(6)5-3-4-5/h5,13H,3-4H2,1-2H3. The number of aliphatic hydroxyl groups is 1. The van der Waals surface area contributed by atoms with E-state index >= 15 is 0 Å². The summed E-state index contributed by atoms with van der Waals surface area (Å²) in [5.74, 6) is 0.641. The second kappa shape index (κ2) is 2.78. The van der Waals surface area contributed by atoms with Crippen molar-refractivity contribution in [2.24, 2.45) is 0 Å². The third kappa shape index (κ3) is 1.76. The Bertz CT molecular complexity index is 325. The van der Waals surface area contributed by atoms with E-state index in [0.29, 0.717) is 16.6 Å². The highest BCUT2D eigenvalue weighted by atomic mass is 79.9. The van der Waals surface area contributed by atoms with Crippen LogP contribution in [0.25, 0.3) is 0 Å². The molecule has 1 aliphatic carbocycles. The molecule has 13 heavy (non-hydrogen) atoms. The smallest absolute Gasteiger partial charge is 0.217 e. The molecule has 0 atom stereocenters. The molecule has 4 nitrogen and oxygen atoms in total. The fourth-order valence-corrected chi connectivity index (χ4v) is 1.63. The second-order valence-electron chi connectivity index (χ2n) is 3.94. The lowest BCUT2D eigenvalue weighted by Crippen LogP contribution is -2.22. The van der Waals surface area contributed by atoms with Crippen LogP contribution in [0.4, 0.5) is 0 Å². The van der Waals surface area contributed by atoms with E-state index in [9.17, 15) is 5.11 Å². The maximum absolute atomic E-state index is 9.82. The molecule has 1 saturated carbocycles. The van der Waals surface area contributed by atoms with Crippen LogP contribution in [0.2, 0.25) is 0 Å². The zero-order valence-electron chi connectivity index (χ0n) is 7.66. The Kier molecular flexibility index (Phi) is 1.96. The van der Waals surface area contributed by atoms with Crippen molar-refractivity contribution in [3.63, 3.8) is 0 Å². The Balaban J connectivity index is 2.42. The van der Waals surface area contributed by atoms with Crippen LogP contribution in [-0.4, -0.2) is 19.9 Å². The highest BCUT2D eigenvalue weighted by Gasteiger charge is 2.33. The van der Waals surface area contributed by atoms with E-state index in [0.717, 1.165) is 12.8 Å². The molecule has 72 valence electrons. The van der Waals surface area contributed by atoms with Crippen molar-refractivity contribution in [3.8, 4) is 0 Å². The van der Waals surface area contributed by atoms with Crippen LogP contribution in [0.5, 0.6) is 0 Å². The van der Waals surface area contributed by atoms with Crippen molar-refractivity contribution in [1.82, 2.24) is 14.8 Å². The molecule has 0 radical (unpaired) electrons. The molecule has 0 aromatic carbocycles. The lowest BCUT2D eigenvalue weighted by Gasteiger charge is -2.16. The van der Waals surface area contributed by atoms with Gasteiger partial charge in [-0.2, -0.15) is 0 Å². The third-order valence-electron chi connectivity index (χ3n) is 2.05. The molecule has 0 amide bonds. The summed E-state index contributed by atoms with van der Waals surface area (Å²) in [5, 5.41) is 14.0. The van der Waals surface area contributed by atoms with Crippen molar-refractivity contribution in [1.29, 1.82) is 0 Å². The minimum Gasteiger partial charge on any atom is -0.382 e. The van der Waals surface area contributed by atoms with E-state index in [2.05, 4.69) is 26.0 Å². The summed E-state index contributed by atoms with van der Waals surface area (Å²) in [5.41, 5.74) is -0.915. The molecular formula is C8H12BrN3O. The summed E-state index contributed by atoms with van der Waals surface area (Å²) >= 11 is 3.22. The van der Waals surface area contributed by atoms with Crippen molar-refractivity contribution in [3.05, 3.63) is 10.6 Å². The predicted molar refractivity (Wildman–Crippen MR) is 51.2 cm³/mol. The minimum atomic E-state index is -0.915. The molecule has 0 spiro atoms. The number of nitrogens with zero attached hydrogens (tertiary/aromatic N) is 3. The summed E-state index contributed by atoms with van der Waals surface area (Å²) in [6.45, 7) is 3.45. The molecule has 2 rings (SSSR count). The van der Waals surface area contributed by atoms with Gasteiger partial charge >= 0.3 is 0 Å². The van der Waals surface area contributed by atoms with Gasteiger partial charge in [0, 0.05) is 0 Å². The quantitative estimate of drug-likeness (QED) is 0.862. The van der Waals surface area contributed by atoms with Crippen LogP contribution in [0.15, 0.2) is 4.73 Å². The van der Waals surface area contributed by atoms with E-state index in [1.807, 2.05) is 4.68 Å². The van der Waals surface area contributed by atoms with Crippen molar-refractivity contribution in [2.45, 2.75) is 38.3 Å². The molecule has 1 heterocycles. The number of hydrogen-bond donors (Lipinski definition) is 1. The SMILES string of the molecule is CC(C)(O)c1nc(Br)nn1C1CC1. The molecule has 1 aromatic heterocycles. The molecular weight excluding hydrogens is 234 g/mol. The van der Waals surface area contributed by atoms with Gasteiger partial charge in [0.1, 0.15) is 5.60 Å². The predicted octanol–water partition coefficient (Wildman–Crippen LogP) is 1.60. The monoisotopic (exact) mass is 245 g/mol. The van der Waals surface area contributed by atoms with Gasteiger partial charge in [0.05, 0.1) is 6.04 Å². The van der Waals surface area contributed by atoms with E-state index in [1.165, 1.54) is 0 Å². The lowest BCUT2D eigenvalue weighted by molar-refractivity contribution is 0.0633. The lowest BCUT2D eigenvalue weighted by atomic mass is 10.1. The minimum absolute atomic E-state index is 0.445. The fraction of sp³-hybridized carbons (Fsp3) is 0.750. The van der Waals surface area contributed by atoms with Crippen LogP contribution in [0.1, 0.15) is 38.6 Å². The second-order valence-corrected chi connectivity index (χ2v) is 4.65. The van der Waals surface area contributed by atoms with E-state index in [4.69, 9.17) is 0 Å². The molecule has 1 N–H and O–H groups in total. The molecule has 0 aliphatic heterocycles. The van der Waals surface area contributed by atoms with E-state index < -0.39 is 5.60 Å². The summed E-state index contributed by atoms with van der Waals surface area (Å²) in [7, 11) is 0. The van der Waals surface area contributed by atoms with Gasteiger partial charge in [-0.3, -0.25) is 0 Å². The zero-order chi connectivity index (χ0) is 9.64. The van der Waals surface area contributed by atoms with Gasteiger partial charge in [0.25, 0.3) is 0 Å². The van der Waals surface area contributed by atoms with Gasteiger partial charge in [-0.15, -0.1) is 5.10 Å². The van der Waals surface area contributed by atoms with Gasteiger partial charge in [0.2, 0.25) is 4.73 Å². The normalized spacial score (nSPS) is 17.8. The fourth-order valence-electron chi connectivity index (χ4n) is 1.29. The van der Waals surface area contributed by atoms with Crippen molar-refractivity contribution in [2.75, 3.05) is 0 Å². The van der Waals surface area contributed by atoms with Crippen LogP contribution in [-0.2, 0) is 5.60 Å². The number of halogens is 1. The first-order chi connectivity index (χ1) is 5.98. The van der Waals surface area contributed by atoms with Crippen molar-refractivity contribution < 1.29 is 5.11 Å². The highest BCUT2D eigenvalue weighted by molar-refractivity contribution is 9.10. The van der Waals surface area contributed by atoms with Crippen LogP contribution in [0.3, 0.4) is 0 Å². The Morgan fingerprint density at radius 2 is 2.15 bits per heavy atom. The summed E-state index contributed by atoms with van der Waals surface area (Å²) in [6.07, 6.45) is 2.28. The average Bonchev–Trinajstić information content (AvgIpc) is 2.73. The first-order valence-electron chi connectivity index (χ1n) is 4.33. The molecule has 0 bridgehead atoms. The molecule has 1 aromatic rings. The largest absolute Gasteiger partial charge is 0.382 e. The number of rotatable bonds is 2. The Labute approximate surface area is 85.1 Å². The van der Waals surface area contributed by atoms with E-state index in [-0.39, 0.29) is 0 Å². The number of aromatic nitrogens is 3. The topological polar surface area (TPSA) is 50.9 Å². The summed E-state index contributed by atoms with van der Waals surface area (Å²) in [6, 6.07) is 0.445. The Hall–Kier alpha value is -0.420. The van der Waals surface area contributed by atoms with E-state index in [1.54, 1.807) is 13.8 Å². The van der Waals surface area contributed by atoms with Gasteiger partial charge in [-0.25, -0.2) is 9.67 Å². The van der Waals surface area contributed by atoms with Crippen LogP contribution in [0, 0.1) is 0 Å². The first kappa shape index (κ1) is 9.15. The van der Waals surface area contributed by atoms with Gasteiger partial charge in [-0.1, -0.05) is 0 Å². The van der Waals surface area contributed by atoms with Crippen LogP contribution >= 0.6 is 15.9 Å². The van der Waals surface area contributed by atoms with Crippen molar-refractivity contribution >= 4 is 15.9 Å². The molecule has 1 fully saturated rings. The Morgan fingerprint density at radius 1 is 1.54 bits per heavy atom. The third-order valence-corrected chi connectivity index (χ3v) is 2.38. The van der Waals surface area contributed by atoms with Gasteiger partial charge in [-0.05, 0) is 42.6 Å². The maximum Gasteiger partial charge on any atom is 0.217 e. The number of hydrogen-bond acceptors (Lipinski definition) is 3. The molecule has 5 heteroatoms. The summed E-state index contributed by atoms with van der Waals surface area (Å²) < 4.78 is 2.38. The maximum atomic E-state index is 9.82. The molecule has 0 unspecified atom stereocenters.